The monoisotopic (exact) mass is 500 g/mol. The summed E-state index contributed by atoms with van der Waals surface area (Å²) in [5, 5.41) is 21.8. The number of imidazole rings is 1. The summed E-state index contributed by atoms with van der Waals surface area (Å²) in [5.74, 6) is 1.15. The Hall–Kier alpha value is -4.28. The molecule has 0 aliphatic carbocycles. The number of H-pyrrole nitrogens is 1. The van der Waals surface area contributed by atoms with E-state index in [2.05, 4.69) is 74.2 Å². The molecule has 0 atom stereocenters. The highest BCUT2D eigenvalue weighted by atomic mass is 16.2. The standard InChI is InChI=1S/C26H32N10O/c1-3-5-10-22-17-34(24-28-19-29-36(24)15-6-4-2)25(37)35(22)18-26(11-13-27-14-12-26)21-9-7-8-20(16-21)23-30-32-33-31-23/h7-9,11-14,16-17,19,27H,3-6,10,15,18H2,1-2H3,(H,30,31,32,33). The van der Waals surface area contributed by atoms with Crippen LogP contribution in [0.25, 0.3) is 17.3 Å². The van der Waals surface area contributed by atoms with E-state index in [-0.39, 0.29) is 5.69 Å². The first kappa shape index (κ1) is 24.4. The molecule has 5 rings (SSSR count). The van der Waals surface area contributed by atoms with Crippen molar-refractivity contribution in [1.29, 1.82) is 0 Å². The molecule has 1 aliphatic rings. The Balaban J connectivity index is 1.59. The van der Waals surface area contributed by atoms with Crippen LogP contribution in [0.5, 0.6) is 0 Å². The summed E-state index contributed by atoms with van der Waals surface area (Å²) in [6.45, 7) is 5.45. The number of benzene rings is 1. The van der Waals surface area contributed by atoms with Crippen LogP contribution in [0.3, 0.4) is 0 Å². The number of rotatable bonds is 11. The molecule has 0 saturated carbocycles. The maximum Gasteiger partial charge on any atom is 0.335 e. The highest BCUT2D eigenvalue weighted by molar-refractivity contribution is 5.57. The van der Waals surface area contributed by atoms with Gasteiger partial charge in [-0.2, -0.15) is 10.1 Å². The van der Waals surface area contributed by atoms with Crippen molar-refractivity contribution in [3.05, 3.63) is 83.1 Å². The maximum absolute atomic E-state index is 13.9. The second-order valence-electron chi connectivity index (χ2n) is 9.30. The average molecular weight is 501 g/mol. The van der Waals surface area contributed by atoms with E-state index in [1.54, 1.807) is 4.57 Å². The van der Waals surface area contributed by atoms with Crippen LogP contribution < -0.4 is 11.0 Å². The van der Waals surface area contributed by atoms with E-state index < -0.39 is 5.41 Å². The fourth-order valence-electron chi connectivity index (χ4n) is 4.70. The van der Waals surface area contributed by atoms with Crippen molar-refractivity contribution in [2.24, 2.45) is 0 Å². The zero-order valence-electron chi connectivity index (χ0n) is 21.2. The van der Waals surface area contributed by atoms with Gasteiger partial charge in [0.25, 0.3) is 0 Å². The number of tetrazole rings is 1. The van der Waals surface area contributed by atoms with Gasteiger partial charge >= 0.3 is 5.69 Å². The molecular formula is C26H32N10O. The molecule has 0 unspecified atom stereocenters. The minimum atomic E-state index is -0.554. The van der Waals surface area contributed by atoms with Gasteiger partial charge in [0.1, 0.15) is 6.33 Å². The van der Waals surface area contributed by atoms with Crippen molar-refractivity contribution < 1.29 is 0 Å². The summed E-state index contributed by atoms with van der Waals surface area (Å²) in [6, 6.07) is 8.09. The van der Waals surface area contributed by atoms with Crippen molar-refractivity contribution in [2.75, 3.05) is 0 Å². The highest BCUT2D eigenvalue weighted by Crippen LogP contribution is 2.33. The van der Waals surface area contributed by atoms with Gasteiger partial charge in [0, 0.05) is 30.5 Å². The molecule has 0 radical (unpaired) electrons. The predicted octanol–water partition coefficient (Wildman–Crippen LogP) is 3.12. The van der Waals surface area contributed by atoms with Gasteiger partial charge in [-0.3, -0.25) is 4.57 Å². The van der Waals surface area contributed by atoms with Gasteiger partial charge in [-0.1, -0.05) is 57.0 Å². The lowest BCUT2D eigenvalue weighted by Gasteiger charge is -2.31. The summed E-state index contributed by atoms with van der Waals surface area (Å²) in [7, 11) is 0. The number of aryl methyl sites for hydroxylation is 2. The van der Waals surface area contributed by atoms with E-state index in [0.717, 1.165) is 55.5 Å². The number of hydrogen-bond acceptors (Lipinski definition) is 7. The first-order valence-corrected chi connectivity index (χ1v) is 12.8. The number of nitrogens with one attached hydrogen (secondary N) is 2. The Labute approximate surface area is 214 Å². The topological polar surface area (TPSA) is 124 Å². The van der Waals surface area contributed by atoms with E-state index in [1.165, 1.54) is 6.33 Å². The van der Waals surface area contributed by atoms with Crippen LogP contribution in [0.1, 0.15) is 50.8 Å². The molecule has 0 amide bonds. The summed E-state index contributed by atoms with van der Waals surface area (Å²) in [5.41, 5.74) is 2.21. The third-order valence-corrected chi connectivity index (χ3v) is 6.77. The van der Waals surface area contributed by atoms with E-state index in [0.29, 0.717) is 18.3 Å². The SMILES string of the molecule is CCCCc1cn(-c2ncnn2CCCC)c(=O)n1CC1(c2cccc(-c3nnn[nH]3)c2)C=CNC=C1. The first-order valence-electron chi connectivity index (χ1n) is 12.8. The van der Waals surface area contributed by atoms with Crippen LogP contribution in [0.4, 0.5) is 0 Å². The van der Waals surface area contributed by atoms with Crippen LogP contribution in [0.2, 0.25) is 0 Å². The summed E-state index contributed by atoms with van der Waals surface area (Å²) >= 11 is 0. The summed E-state index contributed by atoms with van der Waals surface area (Å²) < 4.78 is 5.34. The Bertz CT molecular complexity index is 1430. The molecule has 4 heterocycles. The van der Waals surface area contributed by atoms with Gasteiger partial charge in [0.15, 0.2) is 5.82 Å². The minimum absolute atomic E-state index is 0.118. The molecule has 1 aliphatic heterocycles. The van der Waals surface area contributed by atoms with Crippen LogP contribution in [0.15, 0.2) is 66.1 Å². The molecule has 0 bridgehead atoms. The van der Waals surface area contributed by atoms with Crippen molar-refractivity contribution in [2.45, 2.75) is 64.5 Å². The molecule has 11 nitrogen and oxygen atoms in total. The van der Waals surface area contributed by atoms with Crippen LogP contribution in [-0.4, -0.2) is 44.5 Å². The van der Waals surface area contributed by atoms with Gasteiger partial charge in [-0.25, -0.2) is 19.1 Å². The number of aromatic amines is 1. The normalized spacial score (nSPS) is 14.2. The largest absolute Gasteiger partial charge is 0.368 e. The Morgan fingerprint density at radius 2 is 1.92 bits per heavy atom. The molecule has 3 aromatic heterocycles. The zero-order valence-corrected chi connectivity index (χ0v) is 21.2. The molecule has 0 fully saturated rings. The third-order valence-electron chi connectivity index (χ3n) is 6.77. The van der Waals surface area contributed by atoms with E-state index >= 15 is 0 Å². The molecule has 2 N–H and O–H groups in total. The van der Waals surface area contributed by atoms with E-state index in [1.807, 2.05) is 40.0 Å². The van der Waals surface area contributed by atoms with Crippen molar-refractivity contribution in [3.8, 4) is 17.3 Å². The number of dihydropyridines is 1. The quantitative estimate of drug-likeness (QED) is 0.324. The molecule has 0 spiro atoms. The number of aromatic nitrogens is 9. The minimum Gasteiger partial charge on any atom is -0.368 e. The molecule has 0 saturated heterocycles. The fourth-order valence-corrected chi connectivity index (χ4v) is 4.70. The number of hydrogen-bond donors (Lipinski definition) is 2. The number of nitrogens with zero attached hydrogens (tertiary/aromatic N) is 8. The zero-order chi connectivity index (χ0) is 25.7. The number of unbranched alkanes of at least 4 members (excludes halogenated alkanes) is 2. The first-order chi connectivity index (χ1) is 18.1. The predicted molar refractivity (Wildman–Crippen MR) is 140 cm³/mol. The molecule has 192 valence electrons. The molecule has 11 heteroatoms. The summed E-state index contributed by atoms with van der Waals surface area (Å²) in [4.78, 5) is 18.4. The Kier molecular flexibility index (Phi) is 7.11. The van der Waals surface area contributed by atoms with Crippen molar-refractivity contribution >= 4 is 0 Å². The van der Waals surface area contributed by atoms with Gasteiger partial charge in [0.2, 0.25) is 5.95 Å². The fraction of sp³-hybridized carbons (Fsp3) is 0.385. The number of allylic oxidation sites excluding steroid dienone is 2. The van der Waals surface area contributed by atoms with Gasteiger partial charge in [-0.15, -0.1) is 5.10 Å². The lowest BCUT2D eigenvalue weighted by molar-refractivity contribution is 0.493. The highest BCUT2D eigenvalue weighted by Gasteiger charge is 2.31. The Morgan fingerprint density at radius 1 is 1.08 bits per heavy atom. The van der Waals surface area contributed by atoms with Gasteiger partial charge in [0.05, 0.1) is 5.41 Å². The third kappa shape index (κ3) is 4.89. The molecule has 1 aromatic carbocycles. The van der Waals surface area contributed by atoms with Crippen LogP contribution in [0, 0.1) is 0 Å². The van der Waals surface area contributed by atoms with Crippen molar-refractivity contribution in [1.82, 2.24) is 49.8 Å². The average Bonchev–Trinajstić information content (AvgIpc) is 3.69. The summed E-state index contributed by atoms with van der Waals surface area (Å²) in [6.07, 6.45) is 16.3. The lowest BCUT2D eigenvalue weighted by atomic mass is 9.78. The van der Waals surface area contributed by atoms with Crippen molar-refractivity contribution in [3.63, 3.8) is 0 Å². The maximum atomic E-state index is 13.9. The van der Waals surface area contributed by atoms with E-state index in [4.69, 9.17) is 0 Å². The molecular weight excluding hydrogens is 468 g/mol. The lowest BCUT2D eigenvalue weighted by Crippen LogP contribution is -2.36. The van der Waals surface area contributed by atoms with E-state index in [9.17, 15) is 4.79 Å². The second-order valence-corrected chi connectivity index (χ2v) is 9.30. The van der Waals surface area contributed by atoms with Crippen LogP contribution >= 0.6 is 0 Å². The second kappa shape index (κ2) is 10.8. The Morgan fingerprint density at radius 3 is 2.68 bits per heavy atom. The smallest absolute Gasteiger partial charge is 0.335 e. The molecule has 37 heavy (non-hydrogen) atoms. The van der Waals surface area contributed by atoms with Crippen LogP contribution in [-0.2, 0) is 24.9 Å². The van der Waals surface area contributed by atoms with Gasteiger partial charge < -0.3 is 5.32 Å². The molecule has 4 aromatic rings. The van der Waals surface area contributed by atoms with Gasteiger partial charge in [-0.05, 0) is 53.7 Å².